The fraction of sp³-hybridized carbons (Fsp3) is 0.111. The third-order valence-electron chi connectivity index (χ3n) is 4.53. The highest BCUT2D eigenvalue weighted by atomic mass is 35.5. The van der Waals surface area contributed by atoms with Gasteiger partial charge in [0.2, 0.25) is 0 Å². The van der Waals surface area contributed by atoms with Crippen LogP contribution >= 0.6 is 46.4 Å². The quantitative estimate of drug-likeness (QED) is 0.313. The minimum Gasteiger partial charge on any atom is -0.354 e. The number of allylic oxidation sites excluding steroid dienone is 1. The van der Waals surface area contributed by atoms with Gasteiger partial charge in [0.25, 0.3) is 5.91 Å². The minimum atomic E-state index is -0.284. The van der Waals surface area contributed by atoms with E-state index in [1.165, 1.54) is 0 Å². The fourth-order valence-electron chi connectivity index (χ4n) is 2.76. The molecule has 0 atom stereocenters. The first-order valence-corrected chi connectivity index (χ1v) is 11.9. The maximum atomic E-state index is 12.1. The van der Waals surface area contributed by atoms with Gasteiger partial charge in [-0.15, -0.1) is 0 Å². The summed E-state index contributed by atoms with van der Waals surface area (Å²) in [5.41, 5.74) is 3.31. The summed E-state index contributed by atoms with van der Waals surface area (Å²) in [6, 6.07) is 16.3. The van der Waals surface area contributed by atoms with Gasteiger partial charge in [-0.05, 0) is 54.5 Å². The van der Waals surface area contributed by atoms with E-state index < -0.39 is 0 Å². The van der Waals surface area contributed by atoms with E-state index >= 15 is 0 Å². The van der Waals surface area contributed by atoms with E-state index in [-0.39, 0.29) is 11.6 Å². The van der Waals surface area contributed by atoms with Crippen LogP contribution < -0.4 is 5.32 Å². The van der Waals surface area contributed by atoms with Crippen LogP contribution in [0.4, 0.5) is 0 Å². The van der Waals surface area contributed by atoms with Gasteiger partial charge in [-0.25, -0.2) is 0 Å². The number of nitrogens with one attached hydrogen (secondary N) is 1. The lowest BCUT2D eigenvalue weighted by Gasteiger charge is -2.06. The number of aliphatic imine (C=N–C) groups is 1. The van der Waals surface area contributed by atoms with Gasteiger partial charge in [-0.3, -0.25) is 14.8 Å². The van der Waals surface area contributed by atoms with Crippen molar-refractivity contribution in [2.45, 2.75) is 13.5 Å². The number of halogens is 4. The molecule has 5 nitrogen and oxygen atoms in total. The number of hydrogen-bond donors (Lipinski definition) is 1. The second-order valence-electron chi connectivity index (χ2n) is 6.87. The number of hydrogen-bond acceptors (Lipinski definition) is 4. The van der Waals surface area contributed by atoms with Crippen LogP contribution in [0.2, 0.25) is 20.1 Å². The lowest BCUT2D eigenvalue weighted by Crippen LogP contribution is -2.26. The summed E-state index contributed by atoms with van der Waals surface area (Å²) in [5.74, 6) is -0.284. The number of nitrogens with zero attached hydrogens (tertiary/aromatic N) is 2. The molecule has 0 saturated carbocycles. The van der Waals surface area contributed by atoms with Crippen molar-refractivity contribution in [3.63, 3.8) is 0 Å². The lowest BCUT2D eigenvalue weighted by atomic mass is 10.1. The second kappa shape index (κ2) is 16.7. The molecule has 0 fully saturated rings. The maximum Gasteiger partial charge on any atom is 0.269 e. The van der Waals surface area contributed by atoms with Gasteiger partial charge in [0.05, 0.1) is 17.3 Å². The summed E-state index contributed by atoms with van der Waals surface area (Å²) in [6.07, 6.45) is 4.97. The third-order valence-corrected chi connectivity index (χ3v) is 5.86. The van der Waals surface area contributed by atoms with Gasteiger partial charge in [-0.1, -0.05) is 83.3 Å². The molecule has 0 aliphatic carbocycles. The molecule has 2 aromatic carbocycles. The van der Waals surface area contributed by atoms with Crippen LogP contribution in [0.3, 0.4) is 0 Å². The van der Waals surface area contributed by atoms with E-state index in [0.29, 0.717) is 32.3 Å². The van der Waals surface area contributed by atoms with Crippen LogP contribution in [-0.2, 0) is 16.1 Å². The summed E-state index contributed by atoms with van der Waals surface area (Å²) < 4.78 is 0. The van der Waals surface area contributed by atoms with Gasteiger partial charge in [0.15, 0.2) is 0 Å². The normalized spacial score (nSPS) is 10.8. The zero-order chi connectivity index (χ0) is 27.1. The van der Waals surface area contributed by atoms with E-state index in [0.717, 1.165) is 16.7 Å². The van der Waals surface area contributed by atoms with Gasteiger partial charge in [0.1, 0.15) is 12.5 Å². The molecule has 1 N–H and O–H groups in total. The Labute approximate surface area is 231 Å². The molecule has 0 radical (unpaired) electrons. The lowest BCUT2D eigenvalue weighted by molar-refractivity contribution is -0.114. The van der Waals surface area contributed by atoms with Gasteiger partial charge < -0.3 is 10.1 Å². The number of amides is 1. The van der Waals surface area contributed by atoms with Crippen molar-refractivity contribution < 1.29 is 9.59 Å². The highest BCUT2D eigenvalue weighted by Crippen LogP contribution is 2.24. The molecule has 3 aromatic rings. The van der Waals surface area contributed by atoms with E-state index in [4.69, 9.17) is 51.2 Å². The first kappa shape index (κ1) is 31.1. The SMILES string of the molecule is C=Cc1c(Cl)cccc1Cl.C=O.CNC(=O)C(/C=C(\C)c1ncccc1Cl)=NCc1ccccc1Cl. The minimum absolute atomic E-state index is 0.284. The molecule has 1 amide bonds. The Bertz CT molecular complexity index is 1220. The van der Waals surface area contributed by atoms with Gasteiger partial charge in [-0.2, -0.15) is 0 Å². The highest BCUT2D eigenvalue weighted by Gasteiger charge is 2.10. The van der Waals surface area contributed by atoms with Crippen molar-refractivity contribution in [1.82, 2.24) is 10.3 Å². The van der Waals surface area contributed by atoms with E-state index in [1.54, 1.807) is 61.8 Å². The van der Waals surface area contributed by atoms with Crippen molar-refractivity contribution in [2.24, 2.45) is 4.99 Å². The molecular formula is C27H25Cl4N3O2. The molecule has 0 aliphatic heterocycles. The summed E-state index contributed by atoms with van der Waals surface area (Å²) in [7, 11) is 1.56. The number of rotatable bonds is 6. The number of carbonyl (C=O) groups is 2. The Balaban J connectivity index is 0.000000450. The molecule has 0 bridgehead atoms. The Hall–Kier alpha value is -2.96. The standard InChI is InChI=1S/C18H17Cl2N3O.C8H6Cl2.CH2O/c1-12(17-15(20)8-5-9-22-17)10-16(18(24)21-2)23-11-13-6-3-4-7-14(13)19;1-2-6-7(9)4-3-5-8(6)10;1-2/h3-10H,11H2,1-2H3,(H,21,24);2-5H,1H2;1H2/b12-10+,23-16?;;. The molecule has 0 spiro atoms. The van der Waals surface area contributed by atoms with E-state index in [2.05, 4.69) is 21.9 Å². The monoisotopic (exact) mass is 563 g/mol. The molecule has 1 heterocycles. The third kappa shape index (κ3) is 9.59. The Morgan fingerprint density at radius 1 is 0.944 bits per heavy atom. The van der Waals surface area contributed by atoms with Gasteiger partial charge in [0, 0.05) is 33.9 Å². The molecular weight excluding hydrogens is 540 g/mol. The van der Waals surface area contributed by atoms with Crippen LogP contribution in [0.5, 0.6) is 0 Å². The fourth-order valence-corrected chi connectivity index (χ4v) is 3.78. The first-order valence-electron chi connectivity index (χ1n) is 10.4. The van der Waals surface area contributed by atoms with Gasteiger partial charge >= 0.3 is 0 Å². The largest absolute Gasteiger partial charge is 0.354 e. The van der Waals surface area contributed by atoms with E-state index in [9.17, 15) is 4.79 Å². The Morgan fingerprint density at radius 2 is 1.53 bits per heavy atom. The number of benzene rings is 2. The highest BCUT2D eigenvalue weighted by molar-refractivity contribution is 6.44. The Morgan fingerprint density at radius 3 is 2.06 bits per heavy atom. The molecule has 0 unspecified atom stereocenters. The molecule has 3 rings (SSSR count). The van der Waals surface area contributed by atoms with Crippen molar-refractivity contribution >= 4 is 76.5 Å². The van der Waals surface area contributed by atoms with E-state index in [1.807, 2.05) is 31.9 Å². The smallest absolute Gasteiger partial charge is 0.269 e. The van der Waals surface area contributed by atoms with Crippen LogP contribution in [0.15, 0.2) is 78.4 Å². The molecule has 36 heavy (non-hydrogen) atoms. The second-order valence-corrected chi connectivity index (χ2v) is 8.50. The maximum absolute atomic E-state index is 12.1. The van der Waals surface area contributed by atoms with Crippen LogP contribution in [0.25, 0.3) is 11.6 Å². The predicted octanol–water partition coefficient (Wildman–Crippen LogP) is 7.63. The average Bonchev–Trinajstić information content (AvgIpc) is 2.89. The average molecular weight is 565 g/mol. The van der Waals surface area contributed by atoms with Crippen molar-refractivity contribution in [2.75, 3.05) is 7.05 Å². The topological polar surface area (TPSA) is 71.4 Å². The van der Waals surface area contributed by atoms with Crippen LogP contribution in [0.1, 0.15) is 23.7 Å². The summed E-state index contributed by atoms with van der Waals surface area (Å²) in [5, 5.41) is 5.01. The molecule has 9 heteroatoms. The molecule has 0 aliphatic rings. The number of carbonyl (C=O) groups excluding carboxylic acids is 2. The Kier molecular flexibility index (Phi) is 14.4. The first-order chi connectivity index (χ1) is 17.3. The summed E-state index contributed by atoms with van der Waals surface area (Å²) in [4.78, 5) is 28.7. The molecule has 0 saturated heterocycles. The zero-order valence-corrected chi connectivity index (χ0v) is 22.8. The number of pyridine rings is 1. The van der Waals surface area contributed by atoms with Crippen molar-refractivity contribution in [1.29, 1.82) is 0 Å². The number of aromatic nitrogens is 1. The van der Waals surface area contributed by atoms with Crippen molar-refractivity contribution in [3.05, 3.63) is 110 Å². The molecule has 188 valence electrons. The van der Waals surface area contributed by atoms with Crippen LogP contribution in [-0.4, -0.2) is 30.4 Å². The van der Waals surface area contributed by atoms with Crippen LogP contribution in [0, 0.1) is 0 Å². The van der Waals surface area contributed by atoms with Crippen molar-refractivity contribution in [3.8, 4) is 0 Å². The predicted molar refractivity (Wildman–Crippen MR) is 153 cm³/mol. The zero-order valence-electron chi connectivity index (χ0n) is 19.8. The summed E-state index contributed by atoms with van der Waals surface area (Å²) in [6.45, 7) is 7.73. The molecule has 1 aromatic heterocycles. The summed E-state index contributed by atoms with van der Waals surface area (Å²) >= 11 is 23.8.